The third-order valence-electron chi connectivity index (χ3n) is 5.53. The maximum atomic E-state index is 12.3. The first-order valence-corrected chi connectivity index (χ1v) is 11.8. The molecule has 0 spiro atoms. The van der Waals surface area contributed by atoms with Crippen LogP contribution >= 0.6 is 0 Å². The van der Waals surface area contributed by atoms with Crippen molar-refractivity contribution in [3.63, 3.8) is 0 Å². The van der Waals surface area contributed by atoms with Crippen molar-refractivity contribution >= 4 is 15.7 Å². The fourth-order valence-corrected chi connectivity index (χ4v) is 5.01. The molecule has 0 unspecified atom stereocenters. The van der Waals surface area contributed by atoms with Gasteiger partial charge in [-0.05, 0) is 63.9 Å². The van der Waals surface area contributed by atoms with Crippen LogP contribution in [0.2, 0.25) is 0 Å². The number of hydrogen-bond acceptors (Lipinski definition) is 5. The molecule has 1 aliphatic heterocycles. The number of aryl methyl sites for hydroxylation is 2. The number of furan rings is 1. The summed E-state index contributed by atoms with van der Waals surface area (Å²) in [6, 6.07) is 10.4. The zero-order chi connectivity index (χ0) is 20.9. The lowest BCUT2D eigenvalue weighted by molar-refractivity contribution is -0.120. The summed E-state index contributed by atoms with van der Waals surface area (Å²) in [5.41, 5.74) is 1.24. The first kappa shape index (κ1) is 21.6. The standard InChI is InChI=1S/C22H30N2O4S/c1-17-14-20(18(2)28-17)16-24-11-8-19(9-12-24)15-23-22(25)10-13-29(26,27)21-6-4-3-5-7-21/h3-7,14,19H,8-13,15-16H2,1-2H3,(H,23,25). The fourth-order valence-electron chi connectivity index (χ4n) is 3.75. The number of rotatable bonds is 8. The summed E-state index contributed by atoms with van der Waals surface area (Å²) in [6.07, 6.45) is 2.05. The summed E-state index contributed by atoms with van der Waals surface area (Å²) in [6.45, 7) is 7.47. The molecule has 1 aromatic heterocycles. The van der Waals surface area contributed by atoms with E-state index in [0.717, 1.165) is 44.0 Å². The molecular weight excluding hydrogens is 388 g/mol. The van der Waals surface area contributed by atoms with Gasteiger partial charge in [0.05, 0.1) is 10.6 Å². The largest absolute Gasteiger partial charge is 0.466 e. The number of piperidine rings is 1. The summed E-state index contributed by atoms with van der Waals surface area (Å²) in [7, 11) is -3.41. The summed E-state index contributed by atoms with van der Waals surface area (Å²) in [4.78, 5) is 14.8. The minimum atomic E-state index is -3.41. The number of amides is 1. The maximum Gasteiger partial charge on any atom is 0.221 e. The fraction of sp³-hybridized carbons (Fsp3) is 0.500. The summed E-state index contributed by atoms with van der Waals surface area (Å²) >= 11 is 0. The Labute approximate surface area is 173 Å². The topological polar surface area (TPSA) is 79.6 Å². The van der Waals surface area contributed by atoms with Gasteiger partial charge >= 0.3 is 0 Å². The van der Waals surface area contributed by atoms with Gasteiger partial charge in [0.1, 0.15) is 11.5 Å². The average molecular weight is 419 g/mol. The number of nitrogens with zero attached hydrogens (tertiary/aromatic N) is 1. The Morgan fingerprint density at radius 1 is 1.17 bits per heavy atom. The number of sulfone groups is 1. The number of benzene rings is 1. The van der Waals surface area contributed by atoms with E-state index in [-0.39, 0.29) is 23.0 Å². The molecule has 1 amide bonds. The third-order valence-corrected chi connectivity index (χ3v) is 7.26. The van der Waals surface area contributed by atoms with E-state index in [0.29, 0.717) is 12.5 Å². The van der Waals surface area contributed by atoms with Crippen LogP contribution in [0.5, 0.6) is 0 Å². The van der Waals surface area contributed by atoms with Crippen LogP contribution < -0.4 is 5.32 Å². The second-order valence-electron chi connectivity index (χ2n) is 7.84. The van der Waals surface area contributed by atoms with Crippen LogP contribution in [0.15, 0.2) is 45.7 Å². The van der Waals surface area contributed by atoms with Crippen LogP contribution in [0.1, 0.15) is 36.3 Å². The number of carbonyl (C=O) groups is 1. The molecule has 29 heavy (non-hydrogen) atoms. The van der Waals surface area contributed by atoms with Gasteiger partial charge in [0.2, 0.25) is 5.91 Å². The second kappa shape index (κ2) is 9.59. The van der Waals surface area contributed by atoms with Crippen LogP contribution in [-0.4, -0.2) is 44.6 Å². The van der Waals surface area contributed by atoms with Crippen LogP contribution in [0, 0.1) is 19.8 Å². The van der Waals surface area contributed by atoms with E-state index in [2.05, 4.69) is 16.3 Å². The van der Waals surface area contributed by atoms with Crippen molar-refractivity contribution < 1.29 is 17.6 Å². The molecule has 0 aliphatic carbocycles. The molecule has 1 aliphatic rings. The van der Waals surface area contributed by atoms with Crippen LogP contribution in [0.4, 0.5) is 0 Å². The molecule has 7 heteroatoms. The van der Waals surface area contributed by atoms with E-state index in [9.17, 15) is 13.2 Å². The van der Waals surface area contributed by atoms with Crippen molar-refractivity contribution in [2.24, 2.45) is 5.92 Å². The maximum absolute atomic E-state index is 12.3. The van der Waals surface area contributed by atoms with Crippen molar-refractivity contribution in [3.05, 3.63) is 53.5 Å². The number of nitrogens with one attached hydrogen (secondary N) is 1. The van der Waals surface area contributed by atoms with E-state index >= 15 is 0 Å². The van der Waals surface area contributed by atoms with Crippen molar-refractivity contribution in [1.29, 1.82) is 0 Å². The molecule has 2 heterocycles. The molecule has 0 atom stereocenters. The molecule has 1 saturated heterocycles. The van der Waals surface area contributed by atoms with Crippen LogP contribution in [0.25, 0.3) is 0 Å². The average Bonchev–Trinajstić information content (AvgIpc) is 3.03. The quantitative estimate of drug-likeness (QED) is 0.713. The zero-order valence-electron chi connectivity index (χ0n) is 17.2. The lowest BCUT2D eigenvalue weighted by Gasteiger charge is -2.31. The molecule has 6 nitrogen and oxygen atoms in total. The number of likely N-dealkylation sites (tertiary alicyclic amines) is 1. The predicted molar refractivity (Wildman–Crippen MR) is 112 cm³/mol. The summed E-state index contributed by atoms with van der Waals surface area (Å²) < 4.78 is 30.1. The first-order valence-electron chi connectivity index (χ1n) is 10.2. The van der Waals surface area contributed by atoms with E-state index in [1.807, 2.05) is 13.8 Å². The first-order chi connectivity index (χ1) is 13.8. The molecule has 158 valence electrons. The molecule has 3 rings (SSSR count). The number of hydrogen-bond donors (Lipinski definition) is 1. The zero-order valence-corrected chi connectivity index (χ0v) is 18.0. The van der Waals surface area contributed by atoms with E-state index in [1.54, 1.807) is 30.3 Å². The molecule has 1 aromatic carbocycles. The Morgan fingerprint density at radius 2 is 1.86 bits per heavy atom. The Bertz CT molecular complexity index is 914. The van der Waals surface area contributed by atoms with Gasteiger partial charge in [-0.25, -0.2) is 8.42 Å². The van der Waals surface area contributed by atoms with Gasteiger partial charge in [0.25, 0.3) is 0 Å². The van der Waals surface area contributed by atoms with Crippen LogP contribution in [0.3, 0.4) is 0 Å². The van der Waals surface area contributed by atoms with Gasteiger partial charge in [0.15, 0.2) is 9.84 Å². The van der Waals surface area contributed by atoms with Crippen molar-refractivity contribution in [2.45, 2.75) is 44.6 Å². The van der Waals surface area contributed by atoms with E-state index < -0.39 is 9.84 Å². The summed E-state index contributed by atoms with van der Waals surface area (Å²) in [5.74, 6) is 2.02. The van der Waals surface area contributed by atoms with Gasteiger partial charge < -0.3 is 9.73 Å². The molecule has 0 bridgehead atoms. The van der Waals surface area contributed by atoms with E-state index in [1.165, 1.54) is 5.56 Å². The number of carbonyl (C=O) groups excluding carboxylic acids is 1. The molecule has 2 aromatic rings. The van der Waals surface area contributed by atoms with Gasteiger partial charge in [-0.1, -0.05) is 18.2 Å². The minimum Gasteiger partial charge on any atom is -0.466 e. The Morgan fingerprint density at radius 3 is 2.48 bits per heavy atom. The molecule has 0 saturated carbocycles. The van der Waals surface area contributed by atoms with Gasteiger partial charge in [-0.3, -0.25) is 9.69 Å². The smallest absolute Gasteiger partial charge is 0.221 e. The lowest BCUT2D eigenvalue weighted by atomic mass is 9.96. The predicted octanol–water partition coefficient (Wildman–Crippen LogP) is 3.09. The highest BCUT2D eigenvalue weighted by atomic mass is 32.2. The van der Waals surface area contributed by atoms with E-state index in [4.69, 9.17) is 4.42 Å². The lowest BCUT2D eigenvalue weighted by Crippen LogP contribution is -2.38. The molecular formula is C22H30N2O4S. The van der Waals surface area contributed by atoms with Crippen LogP contribution in [-0.2, 0) is 21.2 Å². The SMILES string of the molecule is Cc1cc(CN2CCC(CNC(=O)CCS(=O)(=O)c3ccccc3)CC2)c(C)o1. The van der Waals surface area contributed by atoms with Crippen molar-refractivity contribution in [2.75, 3.05) is 25.4 Å². The summed E-state index contributed by atoms with van der Waals surface area (Å²) in [5, 5.41) is 2.92. The normalized spacial score (nSPS) is 16.1. The molecule has 1 N–H and O–H groups in total. The highest BCUT2D eigenvalue weighted by Crippen LogP contribution is 2.21. The Balaban J connectivity index is 1.37. The van der Waals surface area contributed by atoms with Gasteiger partial charge in [-0.15, -0.1) is 0 Å². The minimum absolute atomic E-state index is 0.00477. The molecule has 0 radical (unpaired) electrons. The Hall–Kier alpha value is -2.12. The highest BCUT2D eigenvalue weighted by Gasteiger charge is 2.21. The second-order valence-corrected chi connectivity index (χ2v) is 9.95. The van der Waals surface area contributed by atoms with Gasteiger partial charge in [-0.2, -0.15) is 0 Å². The molecule has 1 fully saturated rings. The monoisotopic (exact) mass is 418 g/mol. The Kier molecular flexibility index (Phi) is 7.14. The van der Waals surface area contributed by atoms with Crippen molar-refractivity contribution in [3.8, 4) is 0 Å². The third kappa shape index (κ3) is 6.18. The highest BCUT2D eigenvalue weighted by molar-refractivity contribution is 7.91. The van der Waals surface area contributed by atoms with Crippen molar-refractivity contribution in [1.82, 2.24) is 10.2 Å². The van der Waals surface area contributed by atoms with Gasteiger partial charge in [0, 0.05) is 25.1 Å².